The Hall–Kier alpha value is -0.0400. The van der Waals surface area contributed by atoms with Gasteiger partial charge in [0.2, 0.25) is 0 Å². The third kappa shape index (κ3) is 9.49. The zero-order valence-corrected chi connectivity index (χ0v) is 15.0. The Morgan fingerprint density at radius 3 is 2.47 bits per heavy atom. The monoisotopic (exact) mass is 382 g/mol. The Bertz CT molecular complexity index is 250. The minimum Gasteiger partial charge on any atom is -0.370 e. The van der Waals surface area contributed by atoms with Crippen LogP contribution in [0.2, 0.25) is 0 Å². The SMILES string of the molecule is CC(C)CCNC(N)=NCC(C)CN1CCCC1.I. The van der Waals surface area contributed by atoms with Gasteiger partial charge in [0.25, 0.3) is 0 Å². The van der Waals surface area contributed by atoms with Gasteiger partial charge in [0, 0.05) is 19.6 Å². The molecule has 1 atom stereocenters. The van der Waals surface area contributed by atoms with Gasteiger partial charge in [-0.05, 0) is 44.2 Å². The number of nitrogens with one attached hydrogen (secondary N) is 1. The van der Waals surface area contributed by atoms with Crippen molar-refractivity contribution in [2.75, 3.05) is 32.7 Å². The third-order valence-electron chi connectivity index (χ3n) is 3.37. The fraction of sp³-hybridized carbons (Fsp3) is 0.929. The van der Waals surface area contributed by atoms with Crippen LogP contribution in [0.15, 0.2) is 4.99 Å². The molecule has 1 saturated heterocycles. The van der Waals surface area contributed by atoms with E-state index >= 15 is 0 Å². The van der Waals surface area contributed by atoms with Gasteiger partial charge in [0.15, 0.2) is 5.96 Å². The van der Waals surface area contributed by atoms with E-state index in [-0.39, 0.29) is 24.0 Å². The van der Waals surface area contributed by atoms with Gasteiger partial charge in [-0.3, -0.25) is 4.99 Å². The molecule has 0 aromatic carbocycles. The Labute approximate surface area is 135 Å². The Morgan fingerprint density at radius 2 is 1.89 bits per heavy atom. The second-order valence-electron chi connectivity index (χ2n) is 5.95. The predicted octanol–water partition coefficient (Wildman–Crippen LogP) is 2.29. The molecule has 5 heteroatoms. The first-order valence-corrected chi connectivity index (χ1v) is 7.34. The molecule has 1 rings (SSSR count). The topological polar surface area (TPSA) is 53.6 Å². The van der Waals surface area contributed by atoms with Crippen LogP contribution in [0.1, 0.15) is 40.0 Å². The Morgan fingerprint density at radius 1 is 1.26 bits per heavy atom. The van der Waals surface area contributed by atoms with Crippen LogP contribution in [-0.4, -0.2) is 43.6 Å². The third-order valence-corrected chi connectivity index (χ3v) is 3.37. The number of rotatable bonds is 7. The maximum atomic E-state index is 5.84. The van der Waals surface area contributed by atoms with E-state index in [1.807, 2.05) is 0 Å². The van der Waals surface area contributed by atoms with Crippen molar-refractivity contribution in [2.24, 2.45) is 22.6 Å². The molecular formula is C14H31IN4. The Kier molecular flexibility index (Phi) is 10.7. The maximum Gasteiger partial charge on any atom is 0.188 e. The number of likely N-dealkylation sites (tertiary alicyclic amines) is 1. The number of halogens is 1. The second kappa shape index (κ2) is 10.7. The first kappa shape index (κ1) is 19.0. The van der Waals surface area contributed by atoms with Crippen LogP contribution in [0.5, 0.6) is 0 Å². The fourth-order valence-electron chi connectivity index (χ4n) is 2.26. The molecule has 0 saturated carbocycles. The first-order valence-electron chi connectivity index (χ1n) is 7.34. The van der Waals surface area contributed by atoms with Gasteiger partial charge in [-0.2, -0.15) is 0 Å². The van der Waals surface area contributed by atoms with Crippen molar-refractivity contribution in [3.8, 4) is 0 Å². The summed E-state index contributed by atoms with van der Waals surface area (Å²) in [5, 5.41) is 3.18. The molecule has 0 bridgehead atoms. The van der Waals surface area contributed by atoms with Gasteiger partial charge in [0.1, 0.15) is 0 Å². The summed E-state index contributed by atoms with van der Waals surface area (Å²) in [6.07, 6.45) is 3.85. The average molecular weight is 382 g/mol. The number of hydrogen-bond donors (Lipinski definition) is 2. The lowest BCUT2D eigenvalue weighted by Crippen LogP contribution is -2.34. The van der Waals surface area contributed by atoms with Gasteiger partial charge in [-0.25, -0.2) is 0 Å². The molecule has 1 aliphatic heterocycles. The average Bonchev–Trinajstić information content (AvgIpc) is 2.78. The van der Waals surface area contributed by atoms with Crippen molar-refractivity contribution >= 4 is 29.9 Å². The summed E-state index contributed by atoms with van der Waals surface area (Å²) in [5.41, 5.74) is 5.84. The summed E-state index contributed by atoms with van der Waals surface area (Å²) >= 11 is 0. The molecule has 114 valence electrons. The van der Waals surface area contributed by atoms with Gasteiger partial charge in [0.05, 0.1) is 0 Å². The van der Waals surface area contributed by atoms with E-state index in [2.05, 4.69) is 36.0 Å². The highest BCUT2D eigenvalue weighted by Crippen LogP contribution is 2.10. The van der Waals surface area contributed by atoms with Crippen molar-refractivity contribution in [2.45, 2.75) is 40.0 Å². The summed E-state index contributed by atoms with van der Waals surface area (Å²) in [7, 11) is 0. The maximum absolute atomic E-state index is 5.84. The number of guanidine groups is 1. The van der Waals surface area contributed by atoms with Crippen molar-refractivity contribution in [1.82, 2.24) is 10.2 Å². The molecule has 0 aromatic rings. The van der Waals surface area contributed by atoms with Crippen molar-refractivity contribution in [1.29, 1.82) is 0 Å². The molecule has 19 heavy (non-hydrogen) atoms. The zero-order chi connectivity index (χ0) is 13.4. The van der Waals surface area contributed by atoms with Crippen LogP contribution >= 0.6 is 24.0 Å². The van der Waals surface area contributed by atoms with Crippen LogP contribution < -0.4 is 11.1 Å². The van der Waals surface area contributed by atoms with E-state index in [4.69, 9.17) is 5.73 Å². The van der Waals surface area contributed by atoms with Crippen LogP contribution in [0, 0.1) is 11.8 Å². The van der Waals surface area contributed by atoms with Crippen LogP contribution in [0.3, 0.4) is 0 Å². The molecule has 0 aliphatic carbocycles. The van der Waals surface area contributed by atoms with Crippen molar-refractivity contribution < 1.29 is 0 Å². The molecule has 1 unspecified atom stereocenters. The summed E-state index contributed by atoms with van der Waals surface area (Å²) in [5.74, 6) is 1.90. The van der Waals surface area contributed by atoms with E-state index in [0.29, 0.717) is 17.8 Å². The van der Waals surface area contributed by atoms with Crippen molar-refractivity contribution in [3.63, 3.8) is 0 Å². The molecule has 4 nitrogen and oxygen atoms in total. The zero-order valence-electron chi connectivity index (χ0n) is 12.7. The minimum atomic E-state index is 0. The van der Waals surface area contributed by atoms with Gasteiger partial charge in [-0.15, -0.1) is 24.0 Å². The van der Waals surface area contributed by atoms with Gasteiger partial charge < -0.3 is 16.0 Å². The Balaban J connectivity index is 0.00000324. The molecular weight excluding hydrogens is 351 g/mol. The summed E-state index contributed by atoms with van der Waals surface area (Å²) in [4.78, 5) is 6.95. The quantitative estimate of drug-likeness (QED) is 0.404. The van der Waals surface area contributed by atoms with E-state index in [9.17, 15) is 0 Å². The smallest absolute Gasteiger partial charge is 0.188 e. The highest BCUT2D eigenvalue weighted by atomic mass is 127. The van der Waals surface area contributed by atoms with Crippen LogP contribution in [0.4, 0.5) is 0 Å². The molecule has 0 amide bonds. The number of nitrogens with zero attached hydrogens (tertiary/aromatic N) is 2. The van der Waals surface area contributed by atoms with Gasteiger partial charge in [-0.1, -0.05) is 20.8 Å². The van der Waals surface area contributed by atoms with Crippen LogP contribution in [-0.2, 0) is 0 Å². The second-order valence-corrected chi connectivity index (χ2v) is 5.95. The number of hydrogen-bond acceptors (Lipinski definition) is 2. The number of nitrogens with two attached hydrogens (primary N) is 1. The highest BCUT2D eigenvalue weighted by molar-refractivity contribution is 14.0. The molecule has 1 aliphatic rings. The molecule has 3 N–H and O–H groups in total. The lowest BCUT2D eigenvalue weighted by atomic mass is 10.1. The molecule has 0 radical (unpaired) electrons. The van der Waals surface area contributed by atoms with E-state index in [0.717, 1.165) is 26.1 Å². The molecule has 1 heterocycles. The molecule has 0 aromatic heterocycles. The summed E-state index contributed by atoms with van der Waals surface area (Å²) in [6, 6.07) is 0. The van der Waals surface area contributed by atoms with Crippen LogP contribution in [0.25, 0.3) is 0 Å². The van der Waals surface area contributed by atoms with E-state index < -0.39 is 0 Å². The summed E-state index contributed by atoms with van der Waals surface area (Å²) in [6.45, 7) is 12.1. The predicted molar refractivity (Wildman–Crippen MR) is 94.2 cm³/mol. The largest absolute Gasteiger partial charge is 0.370 e. The highest BCUT2D eigenvalue weighted by Gasteiger charge is 2.14. The standard InChI is InChI=1S/C14H30N4.HI/c1-12(2)6-7-16-14(15)17-10-13(3)11-18-8-4-5-9-18;/h12-13H,4-11H2,1-3H3,(H3,15,16,17);1H. The minimum absolute atomic E-state index is 0. The summed E-state index contributed by atoms with van der Waals surface area (Å²) < 4.78 is 0. The number of aliphatic imine (C=N–C) groups is 1. The lowest BCUT2D eigenvalue weighted by Gasteiger charge is -2.18. The first-order chi connectivity index (χ1) is 8.58. The van der Waals surface area contributed by atoms with Gasteiger partial charge >= 0.3 is 0 Å². The molecule has 0 spiro atoms. The molecule has 1 fully saturated rings. The van der Waals surface area contributed by atoms with E-state index in [1.54, 1.807) is 0 Å². The van der Waals surface area contributed by atoms with Crippen molar-refractivity contribution in [3.05, 3.63) is 0 Å². The normalized spacial score (nSPS) is 18.4. The lowest BCUT2D eigenvalue weighted by molar-refractivity contribution is 0.291. The fourth-order valence-corrected chi connectivity index (χ4v) is 2.26. The van der Waals surface area contributed by atoms with E-state index in [1.165, 1.54) is 25.9 Å².